The van der Waals surface area contributed by atoms with E-state index in [4.69, 9.17) is 9.47 Å². The zero-order valence-corrected chi connectivity index (χ0v) is 12.0. The SMILES string of the molecule is CC(=O)Oc1ccc(I)cc1OC(C)(C)C. The first kappa shape index (κ1) is 13.3. The molecule has 0 saturated heterocycles. The van der Waals surface area contributed by atoms with E-state index in [0.717, 1.165) is 3.57 Å². The third-order valence-corrected chi connectivity index (χ3v) is 2.25. The van der Waals surface area contributed by atoms with Crippen LogP contribution in [0.15, 0.2) is 18.2 Å². The Bertz CT molecular complexity index is 394. The fourth-order valence-electron chi connectivity index (χ4n) is 1.13. The second-order valence-electron chi connectivity index (χ2n) is 4.40. The van der Waals surface area contributed by atoms with Crippen LogP contribution in [0, 0.1) is 3.57 Å². The number of carbonyl (C=O) groups is 1. The summed E-state index contributed by atoms with van der Waals surface area (Å²) in [7, 11) is 0. The van der Waals surface area contributed by atoms with Crippen molar-refractivity contribution in [1.29, 1.82) is 0 Å². The molecule has 88 valence electrons. The van der Waals surface area contributed by atoms with E-state index >= 15 is 0 Å². The molecule has 0 spiro atoms. The average molecular weight is 334 g/mol. The molecule has 1 aromatic carbocycles. The molecule has 0 aliphatic rings. The molecule has 0 atom stereocenters. The lowest BCUT2D eigenvalue weighted by Gasteiger charge is -2.22. The number of rotatable bonds is 2. The zero-order chi connectivity index (χ0) is 12.3. The van der Waals surface area contributed by atoms with Crippen LogP contribution in [0.1, 0.15) is 27.7 Å². The van der Waals surface area contributed by atoms with Crippen molar-refractivity contribution in [1.82, 2.24) is 0 Å². The van der Waals surface area contributed by atoms with Gasteiger partial charge in [-0.3, -0.25) is 4.79 Å². The number of ether oxygens (including phenoxy) is 2. The highest BCUT2D eigenvalue weighted by molar-refractivity contribution is 14.1. The molecular formula is C12H15IO3. The third-order valence-electron chi connectivity index (χ3n) is 1.58. The number of hydrogen-bond acceptors (Lipinski definition) is 3. The van der Waals surface area contributed by atoms with Gasteiger partial charge in [-0.2, -0.15) is 0 Å². The second-order valence-corrected chi connectivity index (χ2v) is 5.64. The van der Waals surface area contributed by atoms with Gasteiger partial charge in [-0.05, 0) is 61.6 Å². The van der Waals surface area contributed by atoms with E-state index in [0.29, 0.717) is 11.5 Å². The van der Waals surface area contributed by atoms with Crippen LogP contribution in [0.25, 0.3) is 0 Å². The standard InChI is InChI=1S/C12H15IO3/c1-8(14)15-10-6-5-9(13)7-11(10)16-12(2,3)4/h5-7H,1-4H3. The number of hydrogen-bond donors (Lipinski definition) is 0. The highest BCUT2D eigenvalue weighted by Gasteiger charge is 2.16. The predicted molar refractivity (Wildman–Crippen MR) is 70.8 cm³/mol. The fraction of sp³-hybridized carbons (Fsp3) is 0.417. The minimum Gasteiger partial charge on any atom is -0.484 e. The van der Waals surface area contributed by atoms with Gasteiger partial charge in [0.25, 0.3) is 0 Å². The van der Waals surface area contributed by atoms with Crippen molar-refractivity contribution in [3.8, 4) is 11.5 Å². The van der Waals surface area contributed by atoms with E-state index in [1.807, 2.05) is 32.9 Å². The molecule has 0 amide bonds. The van der Waals surface area contributed by atoms with Crippen molar-refractivity contribution in [2.45, 2.75) is 33.3 Å². The maximum absolute atomic E-state index is 10.9. The van der Waals surface area contributed by atoms with Crippen LogP contribution in [0.3, 0.4) is 0 Å². The molecule has 0 aliphatic carbocycles. The molecule has 0 bridgehead atoms. The number of benzene rings is 1. The molecule has 0 radical (unpaired) electrons. The summed E-state index contributed by atoms with van der Waals surface area (Å²) in [5, 5.41) is 0. The zero-order valence-electron chi connectivity index (χ0n) is 9.83. The summed E-state index contributed by atoms with van der Waals surface area (Å²) in [4.78, 5) is 10.9. The Labute approximate surface area is 109 Å². The van der Waals surface area contributed by atoms with Gasteiger partial charge in [-0.25, -0.2) is 0 Å². The summed E-state index contributed by atoms with van der Waals surface area (Å²) < 4.78 is 11.8. The minimum atomic E-state index is -0.347. The van der Waals surface area contributed by atoms with Crippen molar-refractivity contribution in [3.63, 3.8) is 0 Å². The van der Waals surface area contributed by atoms with Gasteiger partial charge in [-0.1, -0.05) is 0 Å². The van der Waals surface area contributed by atoms with Crippen molar-refractivity contribution < 1.29 is 14.3 Å². The van der Waals surface area contributed by atoms with Crippen LogP contribution in [0.2, 0.25) is 0 Å². The topological polar surface area (TPSA) is 35.5 Å². The maximum Gasteiger partial charge on any atom is 0.308 e. The van der Waals surface area contributed by atoms with Crippen LogP contribution >= 0.6 is 22.6 Å². The smallest absolute Gasteiger partial charge is 0.308 e. The highest BCUT2D eigenvalue weighted by atomic mass is 127. The lowest BCUT2D eigenvalue weighted by Crippen LogP contribution is -2.23. The summed E-state index contributed by atoms with van der Waals surface area (Å²) in [5.41, 5.74) is -0.320. The maximum atomic E-state index is 10.9. The third kappa shape index (κ3) is 4.38. The molecule has 3 nitrogen and oxygen atoms in total. The van der Waals surface area contributed by atoms with Gasteiger partial charge in [-0.15, -0.1) is 0 Å². The minimum absolute atomic E-state index is 0.320. The van der Waals surface area contributed by atoms with E-state index in [1.165, 1.54) is 6.92 Å². The average Bonchev–Trinajstić information content (AvgIpc) is 2.06. The van der Waals surface area contributed by atoms with Crippen LogP contribution < -0.4 is 9.47 Å². The van der Waals surface area contributed by atoms with Crippen LogP contribution in [-0.4, -0.2) is 11.6 Å². The van der Waals surface area contributed by atoms with Gasteiger partial charge < -0.3 is 9.47 Å². The van der Waals surface area contributed by atoms with Gasteiger partial charge in [0, 0.05) is 10.5 Å². The molecule has 16 heavy (non-hydrogen) atoms. The lowest BCUT2D eigenvalue weighted by molar-refractivity contribution is -0.132. The molecule has 0 heterocycles. The Kier molecular flexibility index (Phi) is 4.18. The second kappa shape index (κ2) is 5.03. The lowest BCUT2D eigenvalue weighted by atomic mass is 10.2. The van der Waals surface area contributed by atoms with Crippen LogP contribution in [-0.2, 0) is 4.79 Å². The molecule has 0 fully saturated rings. The molecule has 0 unspecified atom stereocenters. The first-order chi connectivity index (χ1) is 7.28. The van der Waals surface area contributed by atoms with Gasteiger partial charge in [0.1, 0.15) is 5.60 Å². The summed E-state index contributed by atoms with van der Waals surface area (Å²) in [6.45, 7) is 7.22. The molecule has 0 N–H and O–H groups in total. The van der Waals surface area contributed by atoms with E-state index < -0.39 is 0 Å². The van der Waals surface area contributed by atoms with Gasteiger partial charge in [0.2, 0.25) is 0 Å². The molecule has 0 saturated carbocycles. The number of carbonyl (C=O) groups excluding carboxylic acids is 1. The quantitative estimate of drug-likeness (QED) is 0.472. The largest absolute Gasteiger partial charge is 0.484 e. The summed E-state index contributed by atoms with van der Waals surface area (Å²) >= 11 is 2.19. The van der Waals surface area contributed by atoms with Gasteiger partial charge in [0.15, 0.2) is 11.5 Å². The first-order valence-corrected chi connectivity index (χ1v) is 6.03. The summed E-state index contributed by atoms with van der Waals surface area (Å²) in [6.07, 6.45) is 0. The Morgan fingerprint density at radius 2 is 1.88 bits per heavy atom. The van der Waals surface area contributed by atoms with Crippen molar-refractivity contribution in [2.75, 3.05) is 0 Å². The fourth-order valence-corrected chi connectivity index (χ4v) is 1.59. The number of halogens is 1. The van der Waals surface area contributed by atoms with Crippen molar-refractivity contribution in [2.24, 2.45) is 0 Å². The van der Waals surface area contributed by atoms with Gasteiger partial charge in [0.05, 0.1) is 0 Å². The molecule has 0 aromatic heterocycles. The van der Waals surface area contributed by atoms with Crippen LogP contribution in [0.5, 0.6) is 11.5 Å². The Hall–Kier alpha value is -0.780. The van der Waals surface area contributed by atoms with Gasteiger partial charge >= 0.3 is 5.97 Å². The van der Waals surface area contributed by atoms with E-state index in [2.05, 4.69) is 22.6 Å². The Balaban J connectivity index is 3.03. The van der Waals surface area contributed by atoms with Crippen molar-refractivity contribution >= 4 is 28.6 Å². The molecule has 4 heteroatoms. The van der Waals surface area contributed by atoms with E-state index in [9.17, 15) is 4.79 Å². The predicted octanol–water partition coefficient (Wildman–Crippen LogP) is 3.39. The molecular weight excluding hydrogens is 319 g/mol. The number of esters is 1. The highest BCUT2D eigenvalue weighted by Crippen LogP contribution is 2.31. The molecule has 0 aliphatic heterocycles. The normalized spacial score (nSPS) is 11.1. The van der Waals surface area contributed by atoms with E-state index in [1.54, 1.807) is 6.07 Å². The monoisotopic (exact) mass is 334 g/mol. The molecule has 1 rings (SSSR count). The summed E-state index contributed by atoms with van der Waals surface area (Å²) in [6, 6.07) is 5.46. The first-order valence-electron chi connectivity index (χ1n) is 4.95. The summed E-state index contributed by atoms with van der Waals surface area (Å²) in [5.74, 6) is 0.706. The van der Waals surface area contributed by atoms with Crippen LogP contribution in [0.4, 0.5) is 0 Å². The Morgan fingerprint density at radius 1 is 1.25 bits per heavy atom. The Morgan fingerprint density at radius 3 is 2.38 bits per heavy atom. The molecule has 1 aromatic rings. The van der Waals surface area contributed by atoms with Crippen molar-refractivity contribution in [3.05, 3.63) is 21.8 Å². The van der Waals surface area contributed by atoms with E-state index in [-0.39, 0.29) is 11.6 Å².